The largest absolute Gasteiger partial charge is 0.399 e. The summed E-state index contributed by atoms with van der Waals surface area (Å²) in [5.74, 6) is -0.0193. The minimum Gasteiger partial charge on any atom is -0.399 e. The molecule has 104 valence electrons. The summed E-state index contributed by atoms with van der Waals surface area (Å²) >= 11 is 5.81. The van der Waals surface area contributed by atoms with Crippen molar-refractivity contribution in [2.24, 2.45) is 0 Å². The molecule has 0 aliphatic carbocycles. The zero-order valence-electron chi connectivity index (χ0n) is 11.3. The molecule has 0 aliphatic heterocycles. The highest BCUT2D eigenvalue weighted by Crippen LogP contribution is 2.15. The lowest BCUT2D eigenvalue weighted by molar-refractivity contribution is -0.120. The van der Waals surface area contributed by atoms with Gasteiger partial charge in [-0.2, -0.15) is 0 Å². The van der Waals surface area contributed by atoms with Crippen LogP contribution in [0.5, 0.6) is 0 Å². The van der Waals surface area contributed by atoms with Crippen LogP contribution in [0.1, 0.15) is 16.7 Å². The Kier molecular flexibility index (Phi) is 4.64. The summed E-state index contributed by atoms with van der Waals surface area (Å²) in [6, 6.07) is 13.0. The van der Waals surface area contributed by atoms with E-state index in [9.17, 15) is 4.79 Å². The molecule has 0 fully saturated rings. The number of carbonyl (C=O) groups is 1. The number of rotatable bonds is 4. The van der Waals surface area contributed by atoms with Crippen molar-refractivity contribution in [2.75, 3.05) is 5.73 Å². The van der Waals surface area contributed by atoms with Gasteiger partial charge in [-0.05, 0) is 41.8 Å². The van der Waals surface area contributed by atoms with Gasteiger partial charge in [0, 0.05) is 17.3 Å². The van der Waals surface area contributed by atoms with Crippen molar-refractivity contribution in [1.29, 1.82) is 0 Å². The van der Waals surface area contributed by atoms with E-state index in [2.05, 4.69) is 5.32 Å². The average Bonchev–Trinajstić information content (AvgIpc) is 2.43. The molecule has 0 spiro atoms. The van der Waals surface area contributed by atoms with Crippen molar-refractivity contribution >= 4 is 23.2 Å². The van der Waals surface area contributed by atoms with Crippen molar-refractivity contribution in [3.8, 4) is 0 Å². The molecule has 4 heteroatoms. The van der Waals surface area contributed by atoms with Gasteiger partial charge in [0.15, 0.2) is 0 Å². The Bertz CT molecular complexity index is 608. The molecular weight excluding hydrogens is 272 g/mol. The number of nitrogen functional groups attached to an aromatic ring is 1. The van der Waals surface area contributed by atoms with E-state index in [1.165, 1.54) is 0 Å². The number of hydrogen-bond acceptors (Lipinski definition) is 2. The molecule has 2 aromatic rings. The zero-order chi connectivity index (χ0) is 14.5. The third-order valence-electron chi connectivity index (χ3n) is 3.24. The minimum atomic E-state index is -0.0193. The summed E-state index contributed by atoms with van der Waals surface area (Å²) in [7, 11) is 0. The Hall–Kier alpha value is -2.00. The Morgan fingerprint density at radius 2 is 1.90 bits per heavy atom. The molecule has 20 heavy (non-hydrogen) atoms. The van der Waals surface area contributed by atoms with E-state index in [4.69, 9.17) is 17.3 Å². The summed E-state index contributed by atoms with van der Waals surface area (Å²) in [6.07, 6.45) is 0.346. The van der Waals surface area contributed by atoms with E-state index in [1.54, 1.807) is 12.1 Å². The van der Waals surface area contributed by atoms with Crippen LogP contribution in [0.3, 0.4) is 0 Å². The molecule has 0 atom stereocenters. The first-order valence-corrected chi connectivity index (χ1v) is 6.79. The van der Waals surface area contributed by atoms with Crippen LogP contribution in [0.15, 0.2) is 42.5 Å². The van der Waals surface area contributed by atoms with Gasteiger partial charge in [-0.25, -0.2) is 0 Å². The quantitative estimate of drug-likeness (QED) is 0.850. The maximum Gasteiger partial charge on any atom is 0.224 e. The van der Waals surface area contributed by atoms with Crippen molar-refractivity contribution in [1.82, 2.24) is 5.32 Å². The second-order valence-electron chi connectivity index (χ2n) is 4.71. The van der Waals surface area contributed by atoms with Crippen molar-refractivity contribution in [3.05, 3.63) is 64.2 Å². The van der Waals surface area contributed by atoms with E-state index < -0.39 is 0 Å². The second-order valence-corrected chi connectivity index (χ2v) is 5.15. The molecule has 0 saturated heterocycles. The predicted molar refractivity (Wildman–Crippen MR) is 82.6 cm³/mol. The molecule has 0 heterocycles. The van der Waals surface area contributed by atoms with Crippen molar-refractivity contribution in [3.63, 3.8) is 0 Å². The highest BCUT2D eigenvalue weighted by atomic mass is 35.5. The summed E-state index contributed by atoms with van der Waals surface area (Å²) in [5, 5.41) is 3.57. The third-order valence-corrected chi connectivity index (χ3v) is 3.49. The van der Waals surface area contributed by atoms with Crippen LogP contribution in [-0.4, -0.2) is 5.91 Å². The van der Waals surface area contributed by atoms with Gasteiger partial charge < -0.3 is 11.1 Å². The number of hydrogen-bond donors (Lipinski definition) is 2. The van der Waals surface area contributed by atoms with Crippen molar-refractivity contribution in [2.45, 2.75) is 19.9 Å². The fourth-order valence-corrected chi connectivity index (χ4v) is 2.06. The SMILES string of the molecule is Cc1c(N)cccc1CNC(=O)Cc1ccc(Cl)cc1. The summed E-state index contributed by atoms with van der Waals surface area (Å²) in [4.78, 5) is 11.9. The topological polar surface area (TPSA) is 55.1 Å². The number of benzene rings is 2. The van der Waals surface area contributed by atoms with E-state index >= 15 is 0 Å². The van der Waals surface area contributed by atoms with E-state index in [1.807, 2.05) is 37.3 Å². The average molecular weight is 289 g/mol. The first-order chi connectivity index (χ1) is 9.56. The molecule has 0 saturated carbocycles. The zero-order valence-corrected chi connectivity index (χ0v) is 12.1. The van der Waals surface area contributed by atoms with Crippen LogP contribution in [0.25, 0.3) is 0 Å². The number of halogens is 1. The molecule has 0 bridgehead atoms. The molecule has 3 N–H and O–H groups in total. The van der Waals surface area contributed by atoms with E-state index in [0.29, 0.717) is 18.0 Å². The van der Waals surface area contributed by atoms with Gasteiger partial charge in [0.2, 0.25) is 5.91 Å². The van der Waals surface area contributed by atoms with Crippen molar-refractivity contribution < 1.29 is 4.79 Å². The minimum absolute atomic E-state index is 0.0193. The van der Waals surface area contributed by atoms with E-state index in [0.717, 1.165) is 22.4 Å². The fraction of sp³-hybridized carbons (Fsp3) is 0.188. The predicted octanol–water partition coefficient (Wildman–Crippen LogP) is 3.09. The maximum atomic E-state index is 11.9. The van der Waals surface area contributed by atoms with E-state index in [-0.39, 0.29) is 5.91 Å². The first-order valence-electron chi connectivity index (χ1n) is 6.41. The van der Waals surface area contributed by atoms with Crippen LogP contribution >= 0.6 is 11.6 Å². The number of nitrogens with two attached hydrogens (primary N) is 1. The highest BCUT2D eigenvalue weighted by molar-refractivity contribution is 6.30. The van der Waals surface area contributed by atoms with Gasteiger partial charge in [0.25, 0.3) is 0 Å². The molecular formula is C16H17ClN2O. The Balaban J connectivity index is 1.92. The molecule has 2 rings (SSSR count). The van der Waals surface area contributed by atoms with Crippen LogP contribution in [0.4, 0.5) is 5.69 Å². The molecule has 0 aromatic heterocycles. The fourth-order valence-electron chi connectivity index (χ4n) is 1.94. The van der Waals surface area contributed by atoms with Gasteiger partial charge >= 0.3 is 0 Å². The lowest BCUT2D eigenvalue weighted by Gasteiger charge is -2.10. The Morgan fingerprint density at radius 3 is 2.60 bits per heavy atom. The number of nitrogens with one attached hydrogen (secondary N) is 1. The van der Waals surface area contributed by atoms with Crippen LogP contribution in [0, 0.1) is 6.92 Å². The summed E-state index contributed by atoms with van der Waals surface area (Å²) in [5.41, 5.74) is 9.58. The first kappa shape index (κ1) is 14.4. The number of carbonyl (C=O) groups excluding carboxylic acids is 1. The Morgan fingerprint density at radius 1 is 1.20 bits per heavy atom. The standard InChI is InChI=1S/C16H17ClN2O/c1-11-13(3-2-4-15(11)18)10-19-16(20)9-12-5-7-14(17)8-6-12/h2-8H,9-10,18H2,1H3,(H,19,20). The smallest absolute Gasteiger partial charge is 0.224 e. The van der Waals surface area contributed by atoms with Gasteiger partial charge in [0.05, 0.1) is 6.42 Å². The lowest BCUT2D eigenvalue weighted by Crippen LogP contribution is -2.25. The highest BCUT2D eigenvalue weighted by Gasteiger charge is 2.05. The normalized spacial score (nSPS) is 10.3. The molecule has 0 unspecified atom stereocenters. The summed E-state index contributed by atoms with van der Waals surface area (Å²) in [6.45, 7) is 2.44. The summed E-state index contributed by atoms with van der Waals surface area (Å²) < 4.78 is 0. The van der Waals surface area contributed by atoms with Crippen LogP contribution < -0.4 is 11.1 Å². The third kappa shape index (κ3) is 3.75. The van der Waals surface area contributed by atoms with Gasteiger partial charge in [-0.3, -0.25) is 4.79 Å². The Labute approximate surface area is 123 Å². The molecule has 0 radical (unpaired) electrons. The number of anilines is 1. The molecule has 3 nitrogen and oxygen atoms in total. The molecule has 0 aliphatic rings. The van der Waals surface area contributed by atoms with Crippen LogP contribution in [0.2, 0.25) is 5.02 Å². The maximum absolute atomic E-state index is 11.9. The number of amides is 1. The van der Waals surface area contributed by atoms with Crippen LogP contribution in [-0.2, 0) is 17.8 Å². The molecule has 2 aromatic carbocycles. The van der Waals surface area contributed by atoms with Gasteiger partial charge in [-0.15, -0.1) is 0 Å². The monoisotopic (exact) mass is 288 g/mol. The second kappa shape index (κ2) is 6.44. The van der Waals surface area contributed by atoms with Gasteiger partial charge in [-0.1, -0.05) is 35.9 Å². The lowest BCUT2D eigenvalue weighted by atomic mass is 10.1. The van der Waals surface area contributed by atoms with Gasteiger partial charge in [0.1, 0.15) is 0 Å². The molecule has 1 amide bonds.